The van der Waals surface area contributed by atoms with E-state index in [1.54, 1.807) is 32.5 Å². The Morgan fingerprint density at radius 2 is 1.76 bits per heavy atom. The van der Waals surface area contributed by atoms with Crippen LogP contribution in [0.5, 0.6) is 0 Å². The van der Waals surface area contributed by atoms with Gasteiger partial charge in [-0.3, -0.25) is 14.4 Å². The van der Waals surface area contributed by atoms with Crippen molar-refractivity contribution in [2.75, 3.05) is 32.2 Å². The van der Waals surface area contributed by atoms with E-state index >= 15 is 0 Å². The number of rotatable bonds is 15. The molecule has 9 nitrogen and oxygen atoms in total. The second-order valence-corrected chi connectivity index (χ2v) is 11.1. The number of benzene rings is 1. The van der Waals surface area contributed by atoms with Crippen LogP contribution in [-0.4, -0.2) is 72.6 Å². The van der Waals surface area contributed by atoms with E-state index in [1.165, 1.54) is 12.0 Å². The average Bonchev–Trinajstić information content (AvgIpc) is 2.86. The number of alkyl carbamates (subject to hydrolysis) is 1. The van der Waals surface area contributed by atoms with Crippen molar-refractivity contribution in [2.24, 2.45) is 0 Å². The fourth-order valence-electron chi connectivity index (χ4n) is 3.89. The van der Waals surface area contributed by atoms with Crippen molar-refractivity contribution in [3.05, 3.63) is 35.4 Å². The van der Waals surface area contributed by atoms with Crippen LogP contribution in [0.2, 0.25) is 0 Å². The highest BCUT2D eigenvalue weighted by Gasteiger charge is 2.36. The van der Waals surface area contributed by atoms with Crippen LogP contribution in [0.25, 0.3) is 0 Å². The fraction of sp³-hybridized carbons (Fsp3) is 0.643. The zero-order valence-electron chi connectivity index (χ0n) is 23.9. The van der Waals surface area contributed by atoms with Crippen molar-refractivity contribution in [3.63, 3.8) is 0 Å². The van der Waals surface area contributed by atoms with Gasteiger partial charge in [0.25, 0.3) is 0 Å². The smallest absolute Gasteiger partial charge is 0.408 e. The van der Waals surface area contributed by atoms with Crippen LogP contribution in [0.4, 0.5) is 4.79 Å². The third kappa shape index (κ3) is 11.8. The van der Waals surface area contributed by atoms with Crippen molar-refractivity contribution >= 4 is 35.6 Å². The number of nitrogens with one attached hydrogen (secondary N) is 2. The number of carbonyl (C=O) groups is 4. The van der Waals surface area contributed by atoms with Crippen LogP contribution in [0.15, 0.2) is 24.3 Å². The third-order valence-corrected chi connectivity index (χ3v) is 6.46. The molecule has 2 atom stereocenters. The van der Waals surface area contributed by atoms with Crippen LogP contribution in [0.1, 0.15) is 77.0 Å². The quantitative estimate of drug-likeness (QED) is 0.246. The number of hydrogen-bond donors (Lipinski definition) is 2. The Hall–Kier alpha value is -2.75. The number of hydrogen-bond acceptors (Lipinski definition) is 7. The molecule has 0 fully saturated rings. The number of unbranched alkanes of at least 4 members (excludes halogenated alkanes) is 3. The SMILES string of the molecule is CCCCCCN(C(=O)C(CCSC)NC(=O)OC(C)(C)C)C(C(=O)NCC(=O)OC)c1ccccc1C. The Labute approximate surface area is 231 Å². The van der Waals surface area contributed by atoms with E-state index in [-0.39, 0.29) is 12.5 Å². The largest absolute Gasteiger partial charge is 0.468 e. The van der Waals surface area contributed by atoms with Gasteiger partial charge in [0.15, 0.2) is 0 Å². The van der Waals surface area contributed by atoms with Gasteiger partial charge in [0, 0.05) is 6.54 Å². The van der Waals surface area contributed by atoms with Gasteiger partial charge in [0.2, 0.25) is 11.8 Å². The van der Waals surface area contributed by atoms with Gasteiger partial charge in [-0.1, -0.05) is 50.5 Å². The third-order valence-electron chi connectivity index (χ3n) is 5.81. The number of esters is 1. The first kappa shape index (κ1) is 33.3. The lowest BCUT2D eigenvalue weighted by molar-refractivity contribution is -0.144. The highest BCUT2D eigenvalue weighted by Crippen LogP contribution is 2.27. The van der Waals surface area contributed by atoms with Gasteiger partial charge in [0.1, 0.15) is 24.2 Å². The van der Waals surface area contributed by atoms with Crippen molar-refractivity contribution < 1.29 is 28.7 Å². The Morgan fingerprint density at radius 1 is 1.08 bits per heavy atom. The summed E-state index contributed by atoms with van der Waals surface area (Å²) in [5, 5.41) is 5.36. The Kier molecular flexibility index (Phi) is 14.9. The lowest BCUT2D eigenvalue weighted by Crippen LogP contribution is -2.53. The molecule has 0 aliphatic heterocycles. The van der Waals surface area contributed by atoms with Gasteiger partial charge in [-0.25, -0.2) is 4.79 Å². The zero-order chi connectivity index (χ0) is 28.7. The molecule has 0 saturated heterocycles. The molecule has 1 rings (SSSR count). The summed E-state index contributed by atoms with van der Waals surface area (Å²) in [6.07, 6.45) is 5.20. The Morgan fingerprint density at radius 3 is 2.34 bits per heavy atom. The van der Waals surface area contributed by atoms with Crippen molar-refractivity contribution in [3.8, 4) is 0 Å². The molecular formula is C28H45N3O6S. The number of ether oxygens (including phenoxy) is 2. The Bertz CT molecular complexity index is 918. The fourth-order valence-corrected chi connectivity index (χ4v) is 4.36. The number of carbonyl (C=O) groups excluding carboxylic acids is 4. The van der Waals surface area contributed by atoms with E-state index in [0.29, 0.717) is 30.7 Å². The first-order chi connectivity index (χ1) is 17.9. The lowest BCUT2D eigenvalue weighted by atomic mass is 9.97. The summed E-state index contributed by atoms with van der Waals surface area (Å²) >= 11 is 1.56. The molecule has 0 aliphatic rings. The van der Waals surface area contributed by atoms with Gasteiger partial charge in [0.05, 0.1) is 7.11 Å². The zero-order valence-corrected chi connectivity index (χ0v) is 24.7. The summed E-state index contributed by atoms with van der Waals surface area (Å²) in [6, 6.07) is 5.48. The van der Waals surface area contributed by atoms with Crippen molar-refractivity contribution in [1.29, 1.82) is 0 Å². The standard InChI is InChI=1S/C28H45N3O6S/c1-8-9-10-13-17-31(26(34)22(16-18-38-7)30-27(35)37-28(3,4)5)24(21-15-12-11-14-20(21)2)25(33)29-19-23(32)36-6/h11-12,14-15,22,24H,8-10,13,16-19H2,1-7H3,(H,29,33)(H,30,35). The molecule has 1 aromatic rings. The molecule has 0 spiro atoms. The topological polar surface area (TPSA) is 114 Å². The molecule has 0 aromatic heterocycles. The summed E-state index contributed by atoms with van der Waals surface area (Å²) in [6.45, 7) is 9.24. The first-order valence-electron chi connectivity index (χ1n) is 13.1. The van der Waals surface area contributed by atoms with E-state index in [9.17, 15) is 19.2 Å². The number of thioether (sulfide) groups is 1. The summed E-state index contributed by atoms with van der Waals surface area (Å²) in [4.78, 5) is 53.6. The maximum absolute atomic E-state index is 14.1. The van der Waals surface area contributed by atoms with Crippen LogP contribution in [0.3, 0.4) is 0 Å². The molecule has 2 N–H and O–H groups in total. The first-order valence-corrected chi connectivity index (χ1v) is 14.5. The minimum Gasteiger partial charge on any atom is -0.468 e. The molecular weight excluding hydrogens is 506 g/mol. The highest BCUT2D eigenvalue weighted by molar-refractivity contribution is 7.98. The van der Waals surface area contributed by atoms with Gasteiger partial charge in [-0.15, -0.1) is 0 Å². The second-order valence-electron chi connectivity index (χ2n) is 10.1. The maximum atomic E-state index is 14.1. The van der Waals surface area contributed by atoms with E-state index in [2.05, 4.69) is 22.3 Å². The molecule has 0 heterocycles. The normalized spacial score (nSPS) is 12.7. The molecule has 0 saturated carbocycles. The molecule has 214 valence electrons. The van der Waals surface area contributed by atoms with Gasteiger partial charge >= 0.3 is 12.1 Å². The van der Waals surface area contributed by atoms with Crippen LogP contribution in [-0.2, 0) is 23.9 Å². The molecule has 0 radical (unpaired) electrons. The van der Waals surface area contributed by atoms with E-state index in [4.69, 9.17) is 4.74 Å². The van der Waals surface area contributed by atoms with Crippen LogP contribution in [0, 0.1) is 6.92 Å². The summed E-state index contributed by atoms with van der Waals surface area (Å²) in [7, 11) is 1.25. The molecule has 1 aromatic carbocycles. The van der Waals surface area contributed by atoms with Gasteiger partial charge in [-0.05, 0) is 63.7 Å². The Balaban J connectivity index is 3.47. The monoisotopic (exact) mass is 551 g/mol. The molecule has 0 aliphatic carbocycles. The van der Waals surface area contributed by atoms with E-state index in [1.807, 2.05) is 37.4 Å². The van der Waals surface area contributed by atoms with Crippen molar-refractivity contribution in [2.45, 2.75) is 84.4 Å². The number of methoxy groups -OCH3 is 1. The minimum atomic E-state index is -0.993. The van der Waals surface area contributed by atoms with Crippen LogP contribution >= 0.6 is 11.8 Å². The maximum Gasteiger partial charge on any atom is 0.408 e. The van der Waals surface area contributed by atoms with E-state index in [0.717, 1.165) is 24.8 Å². The number of nitrogens with zero attached hydrogens (tertiary/aromatic N) is 1. The predicted molar refractivity (Wildman–Crippen MR) is 151 cm³/mol. The molecule has 10 heteroatoms. The molecule has 3 amide bonds. The summed E-state index contributed by atoms with van der Waals surface area (Å²) in [5.74, 6) is -0.830. The summed E-state index contributed by atoms with van der Waals surface area (Å²) in [5.41, 5.74) is 0.756. The predicted octanol–water partition coefficient (Wildman–Crippen LogP) is 4.38. The second kappa shape index (κ2) is 17.0. The highest BCUT2D eigenvalue weighted by atomic mass is 32.2. The lowest BCUT2D eigenvalue weighted by Gasteiger charge is -2.35. The average molecular weight is 552 g/mol. The van der Waals surface area contributed by atoms with Gasteiger partial charge in [-0.2, -0.15) is 11.8 Å². The molecule has 0 bridgehead atoms. The minimum absolute atomic E-state index is 0.315. The van der Waals surface area contributed by atoms with Crippen molar-refractivity contribution in [1.82, 2.24) is 15.5 Å². The number of aryl methyl sites for hydroxylation is 1. The molecule has 2 unspecified atom stereocenters. The van der Waals surface area contributed by atoms with Crippen LogP contribution < -0.4 is 10.6 Å². The molecule has 38 heavy (non-hydrogen) atoms. The van der Waals surface area contributed by atoms with E-state index < -0.39 is 35.7 Å². The van der Waals surface area contributed by atoms with Gasteiger partial charge < -0.3 is 25.0 Å². The summed E-state index contributed by atoms with van der Waals surface area (Å²) < 4.78 is 10.1. The number of amides is 3.